The first-order valence-corrected chi connectivity index (χ1v) is 6.43. The summed E-state index contributed by atoms with van der Waals surface area (Å²) in [6, 6.07) is 8.80. The molecule has 2 aliphatic rings. The van der Waals surface area contributed by atoms with Crippen LogP contribution in [0.25, 0.3) is 0 Å². The van der Waals surface area contributed by atoms with Crippen LogP contribution in [0, 0.1) is 0 Å². The molecule has 0 unspecified atom stereocenters. The van der Waals surface area contributed by atoms with E-state index in [1.54, 1.807) is 0 Å². The number of carbonyl (C=O) groups excluding carboxylic acids is 1. The maximum Gasteiger partial charge on any atom is 0.237 e. The number of carbonyl (C=O) groups is 1. The molecule has 0 spiro atoms. The van der Waals surface area contributed by atoms with Gasteiger partial charge in [-0.25, -0.2) is 0 Å². The lowest BCUT2D eigenvalue weighted by atomic mass is 10.1. The fourth-order valence-corrected chi connectivity index (χ4v) is 2.87. The summed E-state index contributed by atoms with van der Waals surface area (Å²) in [7, 11) is 0. The van der Waals surface area contributed by atoms with Crippen LogP contribution in [-0.2, 0) is 17.6 Å². The predicted molar refractivity (Wildman–Crippen MR) is 74.1 cm³/mol. The SMILES string of the molecule is Cl.O=C(NC1Cc2ccccc2C1)[C@@H]1CCCN1. The maximum absolute atomic E-state index is 12.0. The summed E-state index contributed by atoms with van der Waals surface area (Å²) < 4.78 is 0. The molecule has 3 rings (SSSR count). The van der Waals surface area contributed by atoms with Gasteiger partial charge in [-0.05, 0) is 43.4 Å². The first kappa shape index (κ1) is 13.4. The molecular weight excluding hydrogens is 248 g/mol. The lowest BCUT2D eigenvalue weighted by molar-refractivity contribution is -0.123. The average Bonchev–Trinajstić information content (AvgIpc) is 2.97. The molecule has 4 heteroatoms. The molecule has 0 bridgehead atoms. The Morgan fingerprint density at radius 2 is 1.89 bits per heavy atom. The Hall–Kier alpha value is -1.06. The fraction of sp³-hybridized carbons (Fsp3) is 0.500. The highest BCUT2D eigenvalue weighted by atomic mass is 35.5. The van der Waals surface area contributed by atoms with Crippen LogP contribution in [0.2, 0.25) is 0 Å². The van der Waals surface area contributed by atoms with Crippen molar-refractivity contribution < 1.29 is 4.79 Å². The normalized spacial score (nSPS) is 22.3. The van der Waals surface area contributed by atoms with E-state index in [1.807, 2.05) is 0 Å². The highest BCUT2D eigenvalue weighted by molar-refractivity contribution is 5.85. The van der Waals surface area contributed by atoms with Crippen molar-refractivity contribution in [3.05, 3.63) is 35.4 Å². The number of hydrogen-bond donors (Lipinski definition) is 2. The summed E-state index contributed by atoms with van der Waals surface area (Å²) in [5.74, 6) is 0.181. The van der Waals surface area contributed by atoms with Gasteiger partial charge in [0, 0.05) is 6.04 Å². The van der Waals surface area contributed by atoms with Crippen molar-refractivity contribution in [3.63, 3.8) is 0 Å². The number of benzene rings is 1. The summed E-state index contributed by atoms with van der Waals surface area (Å²) in [6.45, 7) is 0.975. The number of amides is 1. The van der Waals surface area contributed by atoms with Gasteiger partial charge in [0.05, 0.1) is 6.04 Å². The van der Waals surface area contributed by atoms with E-state index in [0.29, 0.717) is 6.04 Å². The van der Waals surface area contributed by atoms with Crippen molar-refractivity contribution in [2.24, 2.45) is 0 Å². The van der Waals surface area contributed by atoms with Gasteiger partial charge >= 0.3 is 0 Å². The number of halogens is 1. The van der Waals surface area contributed by atoms with E-state index >= 15 is 0 Å². The molecule has 1 aliphatic heterocycles. The van der Waals surface area contributed by atoms with Gasteiger partial charge in [-0.1, -0.05) is 24.3 Å². The molecule has 0 saturated carbocycles. The maximum atomic E-state index is 12.0. The number of fused-ring (bicyclic) bond motifs is 1. The Bertz CT molecular complexity index is 405. The van der Waals surface area contributed by atoms with E-state index in [1.165, 1.54) is 11.1 Å². The van der Waals surface area contributed by atoms with Crippen LogP contribution < -0.4 is 10.6 Å². The van der Waals surface area contributed by atoms with Crippen LogP contribution in [-0.4, -0.2) is 24.5 Å². The van der Waals surface area contributed by atoms with Gasteiger partial charge in [0.1, 0.15) is 0 Å². The summed E-state index contributed by atoms with van der Waals surface area (Å²) in [4.78, 5) is 12.0. The van der Waals surface area contributed by atoms with Crippen molar-refractivity contribution in [2.75, 3.05) is 6.54 Å². The zero-order valence-electron chi connectivity index (χ0n) is 10.3. The Balaban J connectivity index is 0.00000120. The molecule has 1 aromatic carbocycles. The van der Waals surface area contributed by atoms with Gasteiger partial charge in [0.2, 0.25) is 5.91 Å². The van der Waals surface area contributed by atoms with Crippen molar-refractivity contribution in [1.29, 1.82) is 0 Å². The van der Waals surface area contributed by atoms with Crippen molar-refractivity contribution >= 4 is 18.3 Å². The molecular formula is C14H19ClN2O. The Labute approximate surface area is 114 Å². The molecule has 1 aromatic rings. The summed E-state index contributed by atoms with van der Waals surface area (Å²) in [5.41, 5.74) is 2.77. The molecule has 18 heavy (non-hydrogen) atoms. The molecule has 1 fully saturated rings. The third-order valence-electron chi connectivity index (χ3n) is 3.77. The molecule has 0 aromatic heterocycles. The summed E-state index contributed by atoms with van der Waals surface area (Å²) >= 11 is 0. The molecule has 0 radical (unpaired) electrons. The van der Waals surface area contributed by atoms with Crippen LogP contribution in [0.1, 0.15) is 24.0 Å². The molecule has 1 aliphatic carbocycles. The van der Waals surface area contributed by atoms with Crippen molar-refractivity contribution in [2.45, 2.75) is 37.8 Å². The second kappa shape index (κ2) is 5.72. The molecule has 98 valence electrons. The van der Waals surface area contributed by atoms with E-state index in [4.69, 9.17) is 0 Å². The lowest BCUT2D eigenvalue weighted by Crippen LogP contribution is -2.45. The standard InChI is InChI=1S/C14H18N2O.ClH/c17-14(13-6-3-7-15-13)16-12-8-10-4-1-2-5-11(10)9-12;/h1-2,4-5,12-13,15H,3,6-9H2,(H,16,17);1H/t13-;/m0./s1. The highest BCUT2D eigenvalue weighted by Gasteiger charge is 2.27. The average molecular weight is 267 g/mol. The Morgan fingerprint density at radius 1 is 1.22 bits per heavy atom. The topological polar surface area (TPSA) is 41.1 Å². The molecule has 1 amide bonds. The molecule has 1 saturated heterocycles. The number of rotatable bonds is 2. The van der Waals surface area contributed by atoms with E-state index in [-0.39, 0.29) is 24.4 Å². The van der Waals surface area contributed by atoms with Gasteiger partial charge in [-0.2, -0.15) is 0 Å². The lowest BCUT2D eigenvalue weighted by Gasteiger charge is -2.16. The number of nitrogens with one attached hydrogen (secondary N) is 2. The Morgan fingerprint density at radius 3 is 2.44 bits per heavy atom. The summed E-state index contributed by atoms with van der Waals surface area (Å²) in [6.07, 6.45) is 4.05. The molecule has 1 atom stereocenters. The van der Waals surface area contributed by atoms with E-state index in [2.05, 4.69) is 34.9 Å². The first-order chi connectivity index (χ1) is 8.33. The van der Waals surface area contributed by atoms with Crippen LogP contribution in [0.4, 0.5) is 0 Å². The monoisotopic (exact) mass is 266 g/mol. The zero-order valence-corrected chi connectivity index (χ0v) is 11.1. The minimum Gasteiger partial charge on any atom is -0.351 e. The Kier molecular flexibility index (Phi) is 4.25. The van der Waals surface area contributed by atoms with Gasteiger partial charge < -0.3 is 10.6 Å². The van der Waals surface area contributed by atoms with E-state index < -0.39 is 0 Å². The van der Waals surface area contributed by atoms with Gasteiger partial charge in [-0.15, -0.1) is 12.4 Å². The largest absolute Gasteiger partial charge is 0.351 e. The van der Waals surface area contributed by atoms with Crippen LogP contribution in [0.5, 0.6) is 0 Å². The fourth-order valence-electron chi connectivity index (χ4n) is 2.87. The minimum absolute atomic E-state index is 0. The molecule has 3 nitrogen and oxygen atoms in total. The predicted octanol–water partition coefficient (Wildman–Crippen LogP) is 1.44. The third-order valence-corrected chi connectivity index (χ3v) is 3.77. The van der Waals surface area contributed by atoms with Crippen LogP contribution in [0.15, 0.2) is 24.3 Å². The van der Waals surface area contributed by atoms with E-state index in [0.717, 1.165) is 32.2 Å². The first-order valence-electron chi connectivity index (χ1n) is 6.43. The van der Waals surface area contributed by atoms with Gasteiger partial charge in [-0.3, -0.25) is 4.79 Å². The van der Waals surface area contributed by atoms with Crippen molar-refractivity contribution in [1.82, 2.24) is 10.6 Å². The van der Waals surface area contributed by atoms with E-state index in [9.17, 15) is 4.79 Å². The van der Waals surface area contributed by atoms with Crippen LogP contribution >= 0.6 is 12.4 Å². The zero-order chi connectivity index (χ0) is 11.7. The number of hydrogen-bond acceptors (Lipinski definition) is 2. The third kappa shape index (κ3) is 2.68. The minimum atomic E-state index is 0. The molecule has 2 N–H and O–H groups in total. The summed E-state index contributed by atoms with van der Waals surface area (Å²) in [5, 5.41) is 6.41. The second-order valence-electron chi connectivity index (χ2n) is 5.03. The molecule has 1 heterocycles. The quantitative estimate of drug-likeness (QED) is 0.851. The van der Waals surface area contributed by atoms with Crippen molar-refractivity contribution in [3.8, 4) is 0 Å². The highest BCUT2D eigenvalue weighted by Crippen LogP contribution is 2.21. The second-order valence-corrected chi connectivity index (χ2v) is 5.03. The van der Waals surface area contributed by atoms with Gasteiger partial charge in [0.15, 0.2) is 0 Å². The van der Waals surface area contributed by atoms with Crippen LogP contribution in [0.3, 0.4) is 0 Å². The van der Waals surface area contributed by atoms with Gasteiger partial charge in [0.25, 0.3) is 0 Å². The smallest absolute Gasteiger partial charge is 0.237 e.